The van der Waals surface area contributed by atoms with Gasteiger partial charge in [-0.2, -0.15) is 0 Å². The Labute approximate surface area is 103 Å². The fraction of sp³-hybridized carbons (Fsp3) is 0.833. The van der Waals surface area contributed by atoms with Gasteiger partial charge in [-0.1, -0.05) is 33.6 Å². The first-order valence-corrected chi connectivity index (χ1v) is 6.16. The molecule has 0 unspecified atom stereocenters. The van der Waals surface area contributed by atoms with Crippen LogP contribution < -0.4 is 11.1 Å². The molecule has 0 rings (SSSR count). The molecule has 0 aliphatic rings. The average Bonchev–Trinajstić information content (AvgIpc) is 2.22. The monoisotopic (exact) mass is 244 g/mol. The minimum Gasteiger partial charge on any atom is -0.383 e. The van der Waals surface area contributed by atoms with E-state index in [4.69, 9.17) is 5.73 Å². The fourth-order valence-corrected chi connectivity index (χ4v) is 1.52. The van der Waals surface area contributed by atoms with Gasteiger partial charge < -0.3 is 16.2 Å². The summed E-state index contributed by atoms with van der Waals surface area (Å²) in [5, 5.41) is 12.1. The van der Waals surface area contributed by atoms with Crippen molar-refractivity contribution >= 4 is 11.8 Å². The van der Waals surface area contributed by atoms with E-state index in [-0.39, 0.29) is 5.92 Å². The molecule has 0 heterocycles. The topological polar surface area (TPSA) is 92.4 Å². The van der Waals surface area contributed by atoms with Crippen LogP contribution in [0.4, 0.5) is 0 Å². The number of nitrogens with one attached hydrogen (secondary N) is 1. The van der Waals surface area contributed by atoms with Gasteiger partial charge in [0.25, 0.3) is 0 Å². The molecule has 0 saturated carbocycles. The molecule has 0 spiro atoms. The van der Waals surface area contributed by atoms with Gasteiger partial charge >= 0.3 is 0 Å². The second kappa shape index (κ2) is 8.06. The minimum absolute atomic E-state index is 0.221. The van der Waals surface area contributed by atoms with E-state index in [0.717, 1.165) is 12.8 Å². The van der Waals surface area contributed by atoms with Gasteiger partial charge in [-0.3, -0.25) is 9.59 Å². The Morgan fingerprint density at radius 2 is 1.94 bits per heavy atom. The molecule has 0 fully saturated rings. The summed E-state index contributed by atoms with van der Waals surface area (Å²) in [7, 11) is 0. The number of carbonyl (C=O) groups is 2. The maximum Gasteiger partial charge on any atom is 0.249 e. The van der Waals surface area contributed by atoms with Crippen molar-refractivity contribution in [3.05, 3.63) is 0 Å². The molecule has 0 saturated heterocycles. The lowest BCUT2D eigenvalue weighted by Gasteiger charge is -2.18. The first-order chi connectivity index (χ1) is 7.88. The number of unbranched alkanes of at least 4 members (excludes halogenated alkanes) is 1. The Balaban J connectivity index is 4.24. The first kappa shape index (κ1) is 15.9. The molecule has 0 aromatic rings. The quantitative estimate of drug-likeness (QED) is 0.582. The normalized spacial score (nSPS) is 14.4. The largest absolute Gasteiger partial charge is 0.383 e. The summed E-state index contributed by atoms with van der Waals surface area (Å²) in [6.45, 7) is 5.83. The van der Waals surface area contributed by atoms with Crippen LogP contribution in [0.3, 0.4) is 0 Å². The molecule has 0 aliphatic heterocycles. The second-order valence-corrected chi connectivity index (χ2v) is 4.75. The van der Waals surface area contributed by atoms with Crippen LogP contribution in [-0.4, -0.2) is 29.1 Å². The SMILES string of the molecule is CCCC[C@H](NC(=O)[C@@H](O)CC(C)C)C(N)=O. The fourth-order valence-electron chi connectivity index (χ4n) is 1.52. The zero-order valence-electron chi connectivity index (χ0n) is 10.9. The molecular formula is C12H24N2O3. The lowest BCUT2D eigenvalue weighted by atomic mass is 10.0. The summed E-state index contributed by atoms with van der Waals surface area (Å²) in [5.41, 5.74) is 5.19. The van der Waals surface area contributed by atoms with Crippen molar-refractivity contribution in [2.24, 2.45) is 11.7 Å². The summed E-state index contributed by atoms with van der Waals surface area (Å²) in [5.74, 6) is -0.847. The molecule has 5 nitrogen and oxygen atoms in total. The van der Waals surface area contributed by atoms with Crippen LogP contribution in [0.2, 0.25) is 0 Å². The third-order valence-corrected chi connectivity index (χ3v) is 2.50. The lowest BCUT2D eigenvalue weighted by Crippen LogP contribution is -2.48. The van der Waals surface area contributed by atoms with Gasteiger partial charge in [0, 0.05) is 0 Å². The van der Waals surface area contributed by atoms with Crippen LogP contribution in [0.15, 0.2) is 0 Å². The molecule has 0 bridgehead atoms. The molecule has 4 N–H and O–H groups in total. The Hall–Kier alpha value is -1.10. The van der Waals surface area contributed by atoms with E-state index in [1.165, 1.54) is 0 Å². The highest BCUT2D eigenvalue weighted by Gasteiger charge is 2.22. The maximum absolute atomic E-state index is 11.6. The second-order valence-electron chi connectivity index (χ2n) is 4.75. The molecule has 0 aromatic carbocycles. The van der Waals surface area contributed by atoms with E-state index >= 15 is 0 Å². The first-order valence-electron chi connectivity index (χ1n) is 6.16. The van der Waals surface area contributed by atoms with Crippen molar-refractivity contribution in [3.8, 4) is 0 Å². The van der Waals surface area contributed by atoms with E-state index in [1.54, 1.807) is 0 Å². The predicted molar refractivity (Wildman–Crippen MR) is 66.1 cm³/mol. The smallest absolute Gasteiger partial charge is 0.249 e. The van der Waals surface area contributed by atoms with E-state index in [9.17, 15) is 14.7 Å². The Bertz CT molecular complexity index is 254. The number of aliphatic hydroxyl groups is 1. The molecule has 0 aromatic heterocycles. The van der Waals surface area contributed by atoms with Crippen molar-refractivity contribution < 1.29 is 14.7 Å². The van der Waals surface area contributed by atoms with Crippen molar-refractivity contribution in [2.75, 3.05) is 0 Å². The van der Waals surface area contributed by atoms with Gasteiger partial charge in [0.1, 0.15) is 12.1 Å². The molecule has 2 amide bonds. The highest BCUT2D eigenvalue weighted by atomic mass is 16.3. The molecular weight excluding hydrogens is 220 g/mol. The summed E-state index contributed by atoms with van der Waals surface area (Å²) >= 11 is 0. The number of hydrogen-bond acceptors (Lipinski definition) is 3. The number of rotatable bonds is 8. The zero-order chi connectivity index (χ0) is 13.4. The lowest BCUT2D eigenvalue weighted by molar-refractivity contribution is -0.133. The van der Waals surface area contributed by atoms with E-state index < -0.39 is 24.0 Å². The average molecular weight is 244 g/mol. The summed E-state index contributed by atoms with van der Waals surface area (Å²) in [6, 6.07) is -0.677. The van der Waals surface area contributed by atoms with Crippen LogP contribution in [0, 0.1) is 5.92 Å². The molecule has 17 heavy (non-hydrogen) atoms. The van der Waals surface area contributed by atoms with Crippen LogP contribution in [0.1, 0.15) is 46.5 Å². The van der Waals surface area contributed by atoms with Gasteiger partial charge in [-0.15, -0.1) is 0 Å². The Morgan fingerprint density at radius 1 is 1.35 bits per heavy atom. The van der Waals surface area contributed by atoms with Gasteiger partial charge in [0.15, 0.2) is 0 Å². The molecule has 0 aliphatic carbocycles. The van der Waals surface area contributed by atoms with Crippen LogP contribution in [-0.2, 0) is 9.59 Å². The molecule has 100 valence electrons. The predicted octanol–water partition coefficient (Wildman–Crippen LogP) is 0.554. The van der Waals surface area contributed by atoms with Crippen molar-refractivity contribution in [1.82, 2.24) is 5.32 Å². The number of hydrogen-bond donors (Lipinski definition) is 3. The highest BCUT2D eigenvalue weighted by Crippen LogP contribution is 2.06. The number of carbonyl (C=O) groups excluding carboxylic acids is 2. The number of aliphatic hydroxyl groups excluding tert-OH is 1. The number of primary amides is 1. The number of nitrogens with two attached hydrogens (primary N) is 1. The third kappa shape index (κ3) is 6.94. The van der Waals surface area contributed by atoms with Gasteiger partial charge in [0.2, 0.25) is 11.8 Å². The summed E-state index contributed by atoms with van der Waals surface area (Å²) in [4.78, 5) is 22.7. The molecule has 2 atom stereocenters. The van der Waals surface area contributed by atoms with Gasteiger partial charge in [0.05, 0.1) is 0 Å². The molecule has 0 radical (unpaired) electrons. The van der Waals surface area contributed by atoms with Gasteiger partial charge in [-0.05, 0) is 18.8 Å². The summed E-state index contributed by atoms with van der Waals surface area (Å²) < 4.78 is 0. The third-order valence-electron chi connectivity index (χ3n) is 2.50. The van der Waals surface area contributed by atoms with Crippen LogP contribution in [0.25, 0.3) is 0 Å². The van der Waals surface area contributed by atoms with Crippen molar-refractivity contribution in [2.45, 2.75) is 58.6 Å². The van der Waals surface area contributed by atoms with Crippen molar-refractivity contribution in [3.63, 3.8) is 0 Å². The van der Waals surface area contributed by atoms with Crippen molar-refractivity contribution in [1.29, 1.82) is 0 Å². The van der Waals surface area contributed by atoms with Crippen LogP contribution >= 0.6 is 0 Å². The van der Waals surface area contributed by atoms with Gasteiger partial charge in [-0.25, -0.2) is 0 Å². The maximum atomic E-state index is 11.6. The number of amides is 2. The standard InChI is InChI=1S/C12H24N2O3/c1-4-5-6-9(11(13)16)14-12(17)10(15)7-8(2)3/h8-10,15H,4-7H2,1-3H3,(H2,13,16)(H,14,17)/t9-,10-/m0/s1. The minimum atomic E-state index is -1.07. The highest BCUT2D eigenvalue weighted by molar-refractivity contribution is 5.88. The van der Waals surface area contributed by atoms with E-state index in [0.29, 0.717) is 12.8 Å². The Kier molecular flexibility index (Phi) is 7.54. The zero-order valence-corrected chi connectivity index (χ0v) is 10.9. The van der Waals surface area contributed by atoms with E-state index in [2.05, 4.69) is 5.32 Å². The van der Waals surface area contributed by atoms with E-state index in [1.807, 2.05) is 20.8 Å². The van der Waals surface area contributed by atoms with Crippen LogP contribution in [0.5, 0.6) is 0 Å². The molecule has 5 heteroatoms. The Morgan fingerprint density at radius 3 is 2.35 bits per heavy atom. The summed E-state index contributed by atoms with van der Waals surface area (Å²) in [6.07, 6.45) is 1.57.